The third-order valence-electron chi connectivity index (χ3n) is 2.57. The Morgan fingerprint density at radius 3 is 2.68 bits per heavy atom. The van der Waals surface area contributed by atoms with Gasteiger partial charge in [-0.05, 0) is 24.6 Å². The van der Waals surface area contributed by atoms with E-state index in [4.69, 9.17) is 15.4 Å². The molecule has 1 unspecified atom stereocenters. The molecule has 0 radical (unpaired) electrons. The summed E-state index contributed by atoms with van der Waals surface area (Å²) in [7, 11) is 2.95. The van der Waals surface area contributed by atoms with Gasteiger partial charge in [0, 0.05) is 23.4 Å². The molecule has 7 heteroatoms. The highest BCUT2D eigenvalue weighted by Crippen LogP contribution is 2.16. The molecule has 106 valence electrons. The molecule has 1 N–H and O–H groups in total. The fourth-order valence-corrected chi connectivity index (χ4v) is 2.32. The minimum absolute atomic E-state index is 0.0957. The summed E-state index contributed by atoms with van der Waals surface area (Å²) in [4.78, 5) is 11.9. The van der Waals surface area contributed by atoms with Crippen molar-refractivity contribution in [2.75, 3.05) is 13.7 Å². The number of halogens is 1. The molecule has 1 aromatic carbocycles. The van der Waals surface area contributed by atoms with Crippen LogP contribution in [-0.4, -0.2) is 34.1 Å². The van der Waals surface area contributed by atoms with Crippen LogP contribution in [0.3, 0.4) is 0 Å². The Kier molecular flexibility index (Phi) is 5.78. The highest BCUT2D eigenvalue weighted by atomic mass is 35.7. The zero-order valence-electron chi connectivity index (χ0n) is 10.7. The minimum atomic E-state index is -3.84. The van der Waals surface area contributed by atoms with E-state index in [-0.39, 0.29) is 22.4 Å². The SMILES string of the molecule is CCC(COC)NC(=O)c1cccc(S(=O)(=O)Cl)c1. The van der Waals surface area contributed by atoms with E-state index < -0.39 is 9.05 Å². The van der Waals surface area contributed by atoms with Crippen LogP contribution in [0.5, 0.6) is 0 Å². The number of methoxy groups -OCH3 is 1. The van der Waals surface area contributed by atoms with Gasteiger partial charge in [-0.15, -0.1) is 0 Å². The summed E-state index contributed by atoms with van der Waals surface area (Å²) in [6, 6.07) is 5.47. The molecule has 0 aliphatic rings. The lowest BCUT2D eigenvalue weighted by atomic mass is 10.2. The Balaban J connectivity index is 2.88. The summed E-state index contributed by atoms with van der Waals surface area (Å²) in [5.41, 5.74) is 0.247. The fourth-order valence-electron chi connectivity index (χ4n) is 1.52. The summed E-state index contributed by atoms with van der Waals surface area (Å²) in [6.07, 6.45) is 0.715. The van der Waals surface area contributed by atoms with E-state index in [0.29, 0.717) is 13.0 Å². The van der Waals surface area contributed by atoms with Crippen LogP contribution in [0.4, 0.5) is 0 Å². The number of ether oxygens (including phenoxy) is 1. The second kappa shape index (κ2) is 6.88. The summed E-state index contributed by atoms with van der Waals surface area (Å²) in [5, 5.41) is 2.76. The maximum absolute atomic E-state index is 12.0. The Morgan fingerprint density at radius 2 is 2.16 bits per heavy atom. The summed E-state index contributed by atoms with van der Waals surface area (Å²) in [5.74, 6) is -0.355. The third-order valence-corrected chi connectivity index (χ3v) is 3.93. The molecule has 1 amide bonds. The van der Waals surface area contributed by atoms with Gasteiger partial charge in [0.2, 0.25) is 0 Å². The van der Waals surface area contributed by atoms with Crippen LogP contribution in [0.1, 0.15) is 23.7 Å². The van der Waals surface area contributed by atoms with E-state index in [1.807, 2.05) is 6.92 Å². The number of hydrogen-bond acceptors (Lipinski definition) is 4. The van der Waals surface area contributed by atoms with Gasteiger partial charge in [0.15, 0.2) is 0 Å². The molecular weight excluding hydrogens is 290 g/mol. The van der Waals surface area contributed by atoms with Crippen LogP contribution in [0, 0.1) is 0 Å². The van der Waals surface area contributed by atoms with Crippen molar-refractivity contribution in [3.63, 3.8) is 0 Å². The zero-order valence-corrected chi connectivity index (χ0v) is 12.3. The van der Waals surface area contributed by atoms with Crippen molar-refractivity contribution in [3.05, 3.63) is 29.8 Å². The quantitative estimate of drug-likeness (QED) is 0.813. The molecule has 19 heavy (non-hydrogen) atoms. The molecule has 1 atom stereocenters. The van der Waals surface area contributed by atoms with Crippen LogP contribution < -0.4 is 5.32 Å². The number of carbonyl (C=O) groups excluding carboxylic acids is 1. The molecule has 0 aliphatic heterocycles. The van der Waals surface area contributed by atoms with E-state index in [1.54, 1.807) is 7.11 Å². The van der Waals surface area contributed by atoms with Crippen molar-refractivity contribution >= 4 is 25.6 Å². The topological polar surface area (TPSA) is 72.5 Å². The Morgan fingerprint density at radius 1 is 1.47 bits per heavy atom. The largest absolute Gasteiger partial charge is 0.383 e. The van der Waals surface area contributed by atoms with Gasteiger partial charge in [-0.25, -0.2) is 8.42 Å². The molecule has 0 aromatic heterocycles. The molecule has 0 fully saturated rings. The smallest absolute Gasteiger partial charge is 0.261 e. The van der Waals surface area contributed by atoms with Crippen LogP contribution in [-0.2, 0) is 13.8 Å². The van der Waals surface area contributed by atoms with Gasteiger partial charge in [-0.1, -0.05) is 13.0 Å². The fraction of sp³-hybridized carbons (Fsp3) is 0.417. The average Bonchev–Trinajstić information content (AvgIpc) is 2.37. The normalized spacial score (nSPS) is 13.0. The van der Waals surface area contributed by atoms with Gasteiger partial charge < -0.3 is 10.1 Å². The number of nitrogens with one attached hydrogen (secondary N) is 1. The first-order valence-electron chi connectivity index (χ1n) is 5.73. The molecule has 0 heterocycles. The monoisotopic (exact) mass is 305 g/mol. The molecule has 0 spiro atoms. The van der Waals surface area contributed by atoms with Gasteiger partial charge in [0.05, 0.1) is 17.5 Å². The van der Waals surface area contributed by atoms with Crippen molar-refractivity contribution in [3.8, 4) is 0 Å². The molecule has 0 saturated carbocycles. The number of hydrogen-bond donors (Lipinski definition) is 1. The predicted molar refractivity (Wildman–Crippen MR) is 72.9 cm³/mol. The lowest BCUT2D eigenvalue weighted by molar-refractivity contribution is 0.0894. The first-order valence-corrected chi connectivity index (χ1v) is 8.04. The lowest BCUT2D eigenvalue weighted by Gasteiger charge is -2.16. The molecular formula is C12H16ClNO4S. The molecule has 0 aliphatic carbocycles. The maximum Gasteiger partial charge on any atom is 0.261 e. The lowest BCUT2D eigenvalue weighted by Crippen LogP contribution is -2.37. The number of rotatable bonds is 6. The minimum Gasteiger partial charge on any atom is -0.383 e. The van der Waals surface area contributed by atoms with Crippen LogP contribution in [0.15, 0.2) is 29.2 Å². The van der Waals surface area contributed by atoms with Gasteiger partial charge in [0.1, 0.15) is 0 Å². The second-order valence-electron chi connectivity index (χ2n) is 4.00. The first kappa shape index (κ1) is 15.9. The molecule has 0 saturated heterocycles. The van der Waals surface area contributed by atoms with Gasteiger partial charge in [-0.2, -0.15) is 0 Å². The highest BCUT2D eigenvalue weighted by Gasteiger charge is 2.15. The van der Waals surface area contributed by atoms with E-state index in [1.165, 1.54) is 24.3 Å². The third kappa shape index (κ3) is 4.81. The van der Waals surface area contributed by atoms with Gasteiger partial charge >= 0.3 is 0 Å². The predicted octanol–water partition coefficient (Wildman–Crippen LogP) is 1.77. The Bertz CT molecular complexity index is 544. The highest BCUT2D eigenvalue weighted by molar-refractivity contribution is 8.13. The number of amides is 1. The van der Waals surface area contributed by atoms with E-state index in [9.17, 15) is 13.2 Å². The standard InChI is InChI=1S/C12H16ClNO4S/c1-3-10(8-18-2)14-12(15)9-5-4-6-11(7-9)19(13,16)17/h4-7,10H,3,8H2,1-2H3,(H,14,15). The van der Waals surface area contributed by atoms with Crippen molar-refractivity contribution < 1.29 is 17.9 Å². The first-order chi connectivity index (χ1) is 8.88. The Hall–Kier alpha value is -1.11. The van der Waals surface area contributed by atoms with E-state index in [0.717, 1.165) is 0 Å². The van der Waals surface area contributed by atoms with Crippen molar-refractivity contribution in [1.29, 1.82) is 0 Å². The summed E-state index contributed by atoms with van der Waals surface area (Å²) < 4.78 is 27.4. The van der Waals surface area contributed by atoms with E-state index in [2.05, 4.69) is 5.32 Å². The molecule has 1 rings (SSSR count). The molecule has 0 bridgehead atoms. The molecule has 5 nitrogen and oxygen atoms in total. The average molecular weight is 306 g/mol. The summed E-state index contributed by atoms with van der Waals surface area (Å²) in [6.45, 7) is 2.32. The van der Waals surface area contributed by atoms with Gasteiger partial charge in [-0.3, -0.25) is 4.79 Å². The number of carbonyl (C=O) groups is 1. The zero-order chi connectivity index (χ0) is 14.5. The maximum atomic E-state index is 12.0. The van der Waals surface area contributed by atoms with Crippen molar-refractivity contribution in [1.82, 2.24) is 5.32 Å². The van der Waals surface area contributed by atoms with Crippen molar-refractivity contribution in [2.24, 2.45) is 0 Å². The van der Waals surface area contributed by atoms with E-state index >= 15 is 0 Å². The second-order valence-corrected chi connectivity index (χ2v) is 6.57. The number of benzene rings is 1. The van der Waals surface area contributed by atoms with Crippen molar-refractivity contribution in [2.45, 2.75) is 24.3 Å². The van der Waals surface area contributed by atoms with Crippen LogP contribution in [0.25, 0.3) is 0 Å². The van der Waals surface area contributed by atoms with Crippen LogP contribution in [0.2, 0.25) is 0 Å². The van der Waals surface area contributed by atoms with Gasteiger partial charge in [0.25, 0.3) is 15.0 Å². The summed E-state index contributed by atoms with van der Waals surface area (Å²) >= 11 is 0. The Labute approximate surface area is 117 Å². The molecule has 1 aromatic rings. The van der Waals surface area contributed by atoms with Crippen LogP contribution >= 0.6 is 10.7 Å².